The van der Waals surface area contributed by atoms with Gasteiger partial charge in [0.1, 0.15) is 17.4 Å². The second kappa shape index (κ2) is 16.4. The van der Waals surface area contributed by atoms with E-state index in [1.54, 1.807) is 29.8 Å². The number of hydrogen-bond donors (Lipinski definition) is 2. The molecule has 0 spiro atoms. The number of ketones is 1. The second-order valence-corrected chi connectivity index (χ2v) is 16.2. The molecule has 0 saturated carbocycles. The number of pyridine rings is 2. The molecule has 5 heterocycles. The maximum atomic E-state index is 14.3. The smallest absolute Gasteiger partial charge is 0.410 e. The lowest BCUT2D eigenvalue weighted by Gasteiger charge is -2.41. The molecule has 2 aliphatic heterocycles. The zero-order valence-corrected chi connectivity index (χ0v) is 33.7. The van der Waals surface area contributed by atoms with E-state index in [0.29, 0.717) is 49.7 Å². The number of imidazole rings is 1. The third kappa shape index (κ3) is 8.16. The number of nitrogen functional groups attached to an aromatic ring is 1. The minimum Gasteiger partial charge on any atom is -0.458 e. The van der Waals surface area contributed by atoms with E-state index in [2.05, 4.69) is 27.2 Å². The third-order valence-corrected chi connectivity index (χ3v) is 11.7. The van der Waals surface area contributed by atoms with Gasteiger partial charge in [0.15, 0.2) is 11.4 Å². The second-order valence-electron chi connectivity index (χ2n) is 15.4. The van der Waals surface area contributed by atoms with E-state index in [9.17, 15) is 19.2 Å². The standard InChI is InChI=1S/C38H51Cl2N7O7/c1-9-27-38(7)32(23(5)31(48)22(4)15-37(6,52-8)14-20(2)13-21(3)35(50)53-27)47(36(51)54-38)12-10-11-46-19-44-29-30(46)24(16-43-33(29)41)34(49)45-28-25(39)17-42-18-26(28)40/h16-23,27,32H,9-15H2,1-8H3,(H2,41,43)(H,42,45,49)/t20-,21+,22+,23-,27+,32+,37-,38+/m0/s1. The first kappa shape index (κ1) is 41.2. The molecular formula is C38H51Cl2N7O7. The first-order valence-electron chi connectivity index (χ1n) is 18.4. The number of anilines is 2. The van der Waals surface area contributed by atoms with Gasteiger partial charge in [0.25, 0.3) is 5.91 Å². The Balaban J connectivity index is 1.45. The molecule has 16 heteroatoms. The van der Waals surface area contributed by atoms with Crippen LogP contribution in [0.15, 0.2) is 24.9 Å². The molecule has 2 saturated heterocycles. The number of nitrogens with zero attached hydrogens (tertiary/aromatic N) is 5. The van der Waals surface area contributed by atoms with Gasteiger partial charge in [-0.15, -0.1) is 0 Å². The van der Waals surface area contributed by atoms with E-state index in [4.69, 9.17) is 43.1 Å². The van der Waals surface area contributed by atoms with Crippen LogP contribution in [-0.2, 0) is 30.3 Å². The molecule has 2 aliphatic rings. The first-order chi connectivity index (χ1) is 25.4. The summed E-state index contributed by atoms with van der Waals surface area (Å²) >= 11 is 12.5. The fraction of sp³-hybridized carbons (Fsp3) is 0.605. The van der Waals surface area contributed by atoms with E-state index < -0.39 is 47.2 Å². The van der Waals surface area contributed by atoms with E-state index in [1.807, 2.05) is 34.6 Å². The summed E-state index contributed by atoms with van der Waals surface area (Å²) in [4.78, 5) is 69.4. The summed E-state index contributed by atoms with van der Waals surface area (Å²) in [5.41, 5.74) is 5.36. The van der Waals surface area contributed by atoms with Crippen LogP contribution < -0.4 is 11.1 Å². The van der Waals surface area contributed by atoms with Crippen LogP contribution in [0.25, 0.3) is 11.0 Å². The Bertz CT molecular complexity index is 1890. The summed E-state index contributed by atoms with van der Waals surface area (Å²) < 4.78 is 20.0. The van der Waals surface area contributed by atoms with Crippen LogP contribution in [0.4, 0.5) is 16.3 Å². The number of rotatable bonds is 8. The van der Waals surface area contributed by atoms with E-state index in [0.717, 1.165) is 0 Å². The summed E-state index contributed by atoms with van der Waals surface area (Å²) in [6, 6.07) is -0.751. The number of aromatic nitrogens is 4. The minimum absolute atomic E-state index is 0.0364. The van der Waals surface area contributed by atoms with Gasteiger partial charge in [0.2, 0.25) is 0 Å². The topological polar surface area (TPSA) is 181 Å². The number of carbonyl (C=O) groups excluding carboxylic acids is 4. The Morgan fingerprint density at radius 2 is 1.72 bits per heavy atom. The number of hydrogen-bond acceptors (Lipinski definition) is 11. The van der Waals surface area contributed by atoms with Crippen LogP contribution in [0.2, 0.25) is 10.0 Å². The number of esters is 1. The largest absolute Gasteiger partial charge is 0.458 e. The van der Waals surface area contributed by atoms with Crippen LogP contribution in [0, 0.1) is 23.7 Å². The molecule has 3 aromatic rings. The van der Waals surface area contributed by atoms with Crippen LogP contribution in [0.3, 0.4) is 0 Å². The summed E-state index contributed by atoms with van der Waals surface area (Å²) in [5.74, 6) is -2.15. The number of halogens is 2. The van der Waals surface area contributed by atoms with Crippen molar-refractivity contribution < 1.29 is 33.4 Å². The number of fused-ring (bicyclic) bond motifs is 2. The Morgan fingerprint density at radius 1 is 1.04 bits per heavy atom. The van der Waals surface area contributed by atoms with Crippen LogP contribution in [-0.4, -0.2) is 85.2 Å². The molecule has 5 rings (SSSR count). The van der Waals surface area contributed by atoms with Crippen LogP contribution in [0.1, 0.15) is 90.9 Å². The molecule has 0 aliphatic carbocycles. The molecule has 54 heavy (non-hydrogen) atoms. The van der Waals surface area contributed by atoms with Crippen molar-refractivity contribution in [2.45, 2.75) is 110 Å². The number of amides is 2. The number of cyclic esters (lactones) is 1. The number of carbonyl (C=O) groups is 4. The Hall–Kier alpha value is -4.01. The van der Waals surface area contributed by atoms with Crippen molar-refractivity contribution >= 4 is 69.5 Å². The minimum atomic E-state index is -1.32. The molecule has 2 fully saturated rings. The van der Waals surface area contributed by atoms with Crippen molar-refractivity contribution in [3.8, 4) is 0 Å². The predicted octanol–water partition coefficient (Wildman–Crippen LogP) is 6.96. The number of methoxy groups -OCH3 is 1. The molecular weight excluding hydrogens is 737 g/mol. The average Bonchev–Trinajstić information content (AvgIpc) is 3.65. The molecule has 0 aromatic carbocycles. The average molecular weight is 789 g/mol. The van der Waals surface area contributed by atoms with Gasteiger partial charge in [-0.3, -0.25) is 19.4 Å². The number of aryl methyl sites for hydroxylation is 1. The summed E-state index contributed by atoms with van der Waals surface area (Å²) in [6.45, 7) is 13.8. The van der Waals surface area contributed by atoms with Gasteiger partial charge in [0, 0.05) is 50.6 Å². The van der Waals surface area contributed by atoms with Gasteiger partial charge in [-0.25, -0.2) is 14.8 Å². The van der Waals surface area contributed by atoms with Crippen molar-refractivity contribution in [1.82, 2.24) is 24.4 Å². The van der Waals surface area contributed by atoms with Crippen LogP contribution in [0.5, 0.6) is 0 Å². The summed E-state index contributed by atoms with van der Waals surface area (Å²) in [6.07, 6.45) is 6.70. The van der Waals surface area contributed by atoms with Gasteiger partial charge in [-0.2, -0.15) is 0 Å². The quantitative estimate of drug-likeness (QED) is 0.225. The lowest BCUT2D eigenvalue weighted by Crippen LogP contribution is -2.57. The maximum absolute atomic E-state index is 14.3. The van der Waals surface area contributed by atoms with Crippen LogP contribution >= 0.6 is 23.2 Å². The normalized spacial score (nSPS) is 29.7. The van der Waals surface area contributed by atoms with Crippen molar-refractivity contribution in [3.05, 3.63) is 40.5 Å². The van der Waals surface area contributed by atoms with E-state index in [1.165, 1.54) is 18.6 Å². The van der Waals surface area contributed by atoms with Gasteiger partial charge in [0.05, 0.1) is 50.7 Å². The number of Topliss-reactive ketones (excluding diaryl/α,β-unsaturated/α-hetero) is 1. The lowest BCUT2D eigenvalue weighted by atomic mass is 9.74. The van der Waals surface area contributed by atoms with E-state index >= 15 is 0 Å². The van der Waals surface area contributed by atoms with Crippen molar-refractivity contribution in [2.24, 2.45) is 23.7 Å². The number of ether oxygens (including phenoxy) is 3. The van der Waals surface area contributed by atoms with Crippen molar-refractivity contribution in [3.63, 3.8) is 0 Å². The molecule has 3 aromatic heterocycles. The SMILES string of the molecule is CC[C@H]1OC(=O)[C@H](C)C[C@H](C)C[C@](C)(OC)C[C@@H](C)C(=O)[C@H](C)[C@H]2N(CCCn3cnc4c(N)ncc(C(=O)Nc5c(Cl)cncc5Cl)c43)C(=O)O[C@]12C. The van der Waals surface area contributed by atoms with Crippen molar-refractivity contribution in [1.29, 1.82) is 0 Å². The highest BCUT2D eigenvalue weighted by molar-refractivity contribution is 6.39. The highest BCUT2D eigenvalue weighted by Crippen LogP contribution is 2.42. The van der Waals surface area contributed by atoms with Gasteiger partial charge >= 0.3 is 12.1 Å². The molecule has 14 nitrogen and oxygen atoms in total. The highest BCUT2D eigenvalue weighted by atomic mass is 35.5. The molecule has 3 N–H and O–H groups in total. The molecule has 0 bridgehead atoms. The molecule has 8 atom stereocenters. The molecule has 2 amide bonds. The van der Waals surface area contributed by atoms with Gasteiger partial charge in [-0.05, 0) is 51.9 Å². The molecule has 294 valence electrons. The summed E-state index contributed by atoms with van der Waals surface area (Å²) in [7, 11) is 1.65. The Morgan fingerprint density at radius 3 is 2.37 bits per heavy atom. The number of nitrogens with two attached hydrogens (primary N) is 1. The zero-order valence-electron chi connectivity index (χ0n) is 32.2. The first-order valence-corrected chi connectivity index (χ1v) is 19.2. The number of nitrogens with one attached hydrogen (secondary N) is 1. The fourth-order valence-electron chi connectivity index (χ4n) is 8.54. The van der Waals surface area contributed by atoms with Gasteiger partial charge in [-0.1, -0.05) is 57.8 Å². The third-order valence-electron chi connectivity index (χ3n) is 11.1. The van der Waals surface area contributed by atoms with E-state index in [-0.39, 0.29) is 57.2 Å². The molecule has 0 radical (unpaired) electrons. The van der Waals surface area contributed by atoms with Crippen molar-refractivity contribution in [2.75, 3.05) is 24.7 Å². The highest BCUT2D eigenvalue weighted by Gasteiger charge is 2.59. The maximum Gasteiger partial charge on any atom is 0.410 e. The Labute approximate surface area is 325 Å². The summed E-state index contributed by atoms with van der Waals surface area (Å²) in [5, 5.41) is 3.05. The lowest BCUT2D eigenvalue weighted by molar-refractivity contribution is -0.170. The predicted molar refractivity (Wildman–Crippen MR) is 205 cm³/mol. The fourth-order valence-corrected chi connectivity index (χ4v) is 8.99. The van der Waals surface area contributed by atoms with Gasteiger partial charge < -0.3 is 34.7 Å². The zero-order chi connectivity index (χ0) is 39.7. The Kier molecular flexibility index (Phi) is 12.5. The monoisotopic (exact) mass is 787 g/mol. The molecule has 0 unspecified atom stereocenters.